The van der Waals surface area contributed by atoms with Gasteiger partial charge in [-0.1, -0.05) is 41.9 Å². The Kier molecular flexibility index (Phi) is 5.39. The number of nitrogens with zero attached hydrogens (tertiary/aromatic N) is 4. The molecule has 28 heavy (non-hydrogen) atoms. The average molecular weight is 411 g/mol. The normalized spacial score (nSPS) is 16.6. The minimum absolute atomic E-state index is 0.0926. The fourth-order valence-corrected chi connectivity index (χ4v) is 3.69. The number of alkyl halides is 3. The van der Waals surface area contributed by atoms with E-state index in [1.54, 1.807) is 4.90 Å². The van der Waals surface area contributed by atoms with Gasteiger partial charge in [-0.15, -0.1) is 0 Å². The van der Waals surface area contributed by atoms with E-state index in [9.17, 15) is 23.2 Å². The first kappa shape index (κ1) is 20.2. The third-order valence-electron chi connectivity index (χ3n) is 5.20. The largest absolute Gasteiger partial charge is 0.436 e. The molecule has 1 fully saturated rings. The highest BCUT2D eigenvalue weighted by Gasteiger charge is 2.40. The van der Waals surface area contributed by atoms with Crippen LogP contribution in [-0.4, -0.2) is 33.7 Å². The standard InChI is InChI=1S/C19H18ClF3N4O/c1-13-16(20)17(19(21,22)23)25-27(13)11-15(28)26-9-7-18(12-24,8-10-26)14-5-3-2-4-6-14/h2-6H,7-11H2,1H3. The lowest BCUT2D eigenvalue weighted by atomic mass is 9.74. The Morgan fingerprint density at radius 1 is 1.29 bits per heavy atom. The number of likely N-dealkylation sites (tertiary alicyclic amines) is 1. The SMILES string of the molecule is Cc1c(Cl)c(C(F)(F)F)nn1CC(=O)N1CCC(C#N)(c2ccccc2)CC1. The van der Waals surface area contributed by atoms with Crippen LogP contribution in [0.4, 0.5) is 13.2 Å². The van der Waals surface area contributed by atoms with Gasteiger partial charge in [0.25, 0.3) is 0 Å². The van der Waals surface area contributed by atoms with E-state index in [2.05, 4.69) is 11.2 Å². The minimum Gasteiger partial charge on any atom is -0.341 e. The maximum absolute atomic E-state index is 12.9. The molecule has 1 aromatic heterocycles. The highest BCUT2D eigenvalue weighted by atomic mass is 35.5. The molecule has 0 saturated carbocycles. The summed E-state index contributed by atoms with van der Waals surface area (Å²) in [4.78, 5) is 14.1. The van der Waals surface area contributed by atoms with Gasteiger partial charge >= 0.3 is 6.18 Å². The van der Waals surface area contributed by atoms with Crippen LogP contribution in [-0.2, 0) is 22.9 Å². The molecule has 1 aromatic carbocycles. The number of rotatable bonds is 3. The summed E-state index contributed by atoms with van der Waals surface area (Å²) in [6.45, 7) is 1.76. The number of hydrogen-bond donors (Lipinski definition) is 0. The number of nitriles is 1. The first-order chi connectivity index (χ1) is 13.2. The molecule has 0 atom stereocenters. The van der Waals surface area contributed by atoms with Gasteiger partial charge in [0.2, 0.25) is 5.91 Å². The molecule has 0 N–H and O–H groups in total. The van der Waals surface area contributed by atoms with Gasteiger partial charge in [-0.2, -0.15) is 23.5 Å². The van der Waals surface area contributed by atoms with Gasteiger partial charge in [0.05, 0.1) is 22.2 Å². The molecule has 2 heterocycles. The van der Waals surface area contributed by atoms with Crippen LogP contribution in [0.5, 0.6) is 0 Å². The van der Waals surface area contributed by atoms with Crippen molar-refractivity contribution in [2.24, 2.45) is 0 Å². The topological polar surface area (TPSA) is 61.9 Å². The van der Waals surface area contributed by atoms with Gasteiger partial charge in [0.1, 0.15) is 6.54 Å². The molecule has 1 amide bonds. The van der Waals surface area contributed by atoms with E-state index in [1.807, 2.05) is 30.3 Å². The number of carbonyl (C=O) groups excluding carboxylic acids is 1. The molecule has 2 aromatic rings. The Bertz CT molecular complexity index is 910. The summed E-state index contributed by atoms with van der Waals surface area (Å²) in [6.07, 6.45) is -3.75. The summed E-state index contributed by atoms with van der Waals surface area (Å²) in [5.74, 6) is -0.351. The van der Waals surface area contributed by atoms with Crippen LogP contribution in [0.2, 0.25) is 5.02 Å². The second-order valence-electron chi connectivity index (χ2n) is 6.84. The molecule has 1 saturated heterocycles. The molecule has 3 rings (SSSR count). The van der Waals surface area contributed by atoms with Crippen molar-refractivity contribution in [2.45, 2.75) is 37.9 Å². The highest BCUT2D eigenvalue weighted by Crippen LogP contribution is 2.36. The molecule has 0 bridgehead atoms. The third kappa shape index (κ3) is 3.72. The molecule has 9 heteroatoms. The van der Waals surface area contributed by atoms with Gasteiger partial charge in [0, 0.05) is 13.1 Å². The second-order valence-corrected chi connectivity index (χ2v) is 7.22. The number of hydrogen-bond acceptors (Lipinski definition) is 3. The van der Waals surface area contributed by atoms with Crippen LogP contribution < -0.4 is 0 Å². The third-order valence-corrected chi connectivity index (χ3v) is 5.65. The molecule has 1 aliphatic rings. The Balaban J connectivity index is 1.71. The predicted octanol–water partition coefficient (Wildman–Crippen LogP) is 3.95. The summed E-state index contributed by atoms with van der Waals surface area (Å²) < 4.78 is 39.8. The van der Waals surface area contributed by atoms with E-state index in [4.69, 9.17) is 11.6 Å². The van der Waals surface area contributed by atoms with Crippen molar-refractivity contribution in [2.75, 3.05) is 13.1 Å². The fourth-order valence-electron chi connectivity index (χ4n) is 3.45. The number of benzene rings is 1. The van der Waals surface area contributed by atoms with E-state index in [-0.39, 0.29) is 18.1 Å². The number of amides is 1. The van der Waals surface area contributed by atoms with E-state index in [0.29, 0.717) is 25.9 Å². The van der Waals surface area contributed by atoms with Crippen molar-refractivity contribution in [1.82, 2.24) is 14.7 Å². The van der Waals surface area contributed by atoms with Crippen LogP contribution in [0.25, 0.3) is 0 Å². The van der Waals surface area contributed by atoms with Gasteiger partial charge in [-0.3, -0.25) is 9.48 Å². The Morgan fingerprint density at radius 3 is 2.39 bits per heavy atom. The maximum Gasteiger partial charge on any atom is 0.436 e. The number of carbonyl (C=O) groups is 1. The zero-order valence-electron chi connectivity index (χ0n) is 15.1. The monoisotopic (exact) mass is 410 g/mol. The van der Waals surface area contributed by atoms with Gasteiger partial charge in [0.15, 0.2) is 5.69 Å². The number of aromatic nitrogens is 2. The maximum atomic E-state index is 12.9. The molecule has 0 aliphatic carbocycles. The van der Waals surface area contributed by atoms with E-state index in [1.165, 1.54) is 6.92 Å². The number of piperidine rings is 1. The number of halogens is 4. The molecule has 5 nitrogen and oxygen atoms in total. The Hall–Kier alpha value is -2.53. The van der Waals surface area contributed by atoms with E-state index < -0.39 is 22.3 Å². The van der Waals surface area contributed by atoms with Crippen molar-refractivity contribution in [3.05, 3.63) is 52.3 Å². The molecule has 0 spiro atoms. The summed E-state index contributed by atoms with van der Waals surface area (Å²) in [5, 5.41) is 12.7. The smallest absolute Gasteiger partial charge is 0.341 e. The van der Waals surface area contributed by atoms with Crippen molar-refractivity contribution in [3.63, 3.8) is 0 Å². The first-order valence-electron chi connectivity index (χ1n) is 8.72. The van der Waals surface area contributed by atoms with Crippen LogP contribution in [0, 0.1) is 18.3 Å². The predicted molar refractivity (Wildman–Crippen MR) is 96.5 cm³/mol. The molecular formula is C19H18ClF3N4O. The van der Waals surface area contributed by atoms with Crippen LogP contribution in [0.1, 0.15) is 29.8 Å². The fraction of sp³-hybridized carbons (Fsp3) is 0.421. The first-order valence-corrected chi connectivity index (χ1v) is 9.10. The summed E-state index contributed by atoms with van der Waals surface area (Å²) >= 11 is 5.73. The van der Waals surface area contributed by atoms with Crippen molar-refractivity contribution < 1.29 is 18.0 Å². The molecule has 0 unspecified atom stereocenters. The zero-order chi connectivity index (χ0) is 20.5. The average Bonchev–Trinajstić information content (AvgIpc) is 2.97. The quantitative estimate of drug-likeness (QED) is 0.769. The molecule has 1 aliphatic heterocycles. The van der Waals surface area contributed by atoms with Gasteiger partial charge < -0.3 is 4.90 Å². The highest BCUT2D eigenvalue weighted by molar-refractivity contribution is 6.32. The summed E-state index contributed by atoms with van der Waals surface area (Å²) in [5.41, 5.74) is -0.846. The zero-order valence-corrected chi connectivity index (χ0v) is 15.9. The minimum atomic E-state index is -4.68. The summed E-state index contributed by atoms with van der Waals surface area (Å²) in [6, 6.07) is 11.8. The lowest BCUT2D eigenvalue weighted by molar-refractivity contribution is -0.142. The lowest BCUT2D eigenvalue weighted by Gasteiger charge is -2.37. The second kappa shape index (κ2) is 7.47. The van der Waals surface area contributed by atoms with E-state index in [0.717, 1.165) is 10.2 Å². The van der Waals surface area contributed by atoms with Crippen LogP contribution >= 0.6 is 11.6 Å². The summed E-state index contributed by atoms with van der Waals surface area (Å²) in [7, 11) is 0. The molecular weight excluding hydrogens is 393 g/mol. The van der Waals surface area contributed by atoms with Crippen LogP contribution in [0.15, 0.2) is 30.3 Å². The molecule has 0 radical (unpaired) electrons. The van der Waals surface area contributed by atoms with Gasteiger partial charge in [-0.05, 0) is 25.3 Å². The lowest BCUT2D eigenvalue weighted by Crippen LogP contribution is -2.45. The van der Waals surface area contributed by atoms with Gasteiger partial charge in [-0.25, -0.2) is 0 Å². The van der Waals surface area contributed by atoms with Crippen molar-refractivity contribution in [3.8, 4) is 6.07 Å². The Labute approximate surface area is 165 Å². The van der Waals surface area contributed by atoms with E-state index >= 15 is 0 Å². The van der Waals surface area contributed by atoms with Crippen molar-refractivity contribution in [1.29, 1.82) is 5.26 Å². The molecule has 148 valence electrons. The van der Waals surface area contributed by atoms with Crippen LogP contribution in [0.3, 0.4) is 0 Å². The van der Waals surface area contributed by atoms with Crippen molar-refractivity contribution >= 4 is 17.5 Å². The Morgan fingerprint density at radius 2 is 1.89 bits per heavy atom.